The van der Waals surface area contributed by atoms with Crippen LogP contribution in [0.2, 0.25) is 0 Å². The molecule has 0 saturated heterocycles. The van der Waals surface area contributed by atoms with E-state index in [0.717, 1.165) is 31.6 Å². The molecule has 4 nitrogen and oxygen atoms in total. The zero-order chi connectivity index (χ0) is 30.6. The Kier molecular flexibility index (Phi) is 7.75. The summed E-state index contributed by atoms with van der Waals surface area (Å²) >= 11 is 0. The van der Waals surface area contributed by atoms with Gasteiger partial charge in [-0.15, -0.1) is 0 Å². The van der Waals surface area contributed by atoms with Crippen molar-refractivity contribution in [2.24, 2.45) is 0 Å². The fourth-order valence-electron chi connectivity index (χ4n) is 6.51. The van der Waals surface area contributed by atoms with E-state index >= 15 is 0 Å². The Hall–Kier alpha value is -3.27. The minimum absolute atomic E-state index is 0.0734. The minimum Gasteiger partial charge on any atom is -0.371 e. The first kappa shape index (κ1) is 30.2. The van der Waals surface area contributed by atoms with E-state index in [0.29, 0.717) is 0 Å². The fraction of sp³-hybridized carbons (Fsp3) is 0.500. The number of anilines is 2. The van der Waals surface area contributed by atoms with Gasteiger partial charge in [-0.2, -0.15) is 0 Å². The molecule has 2 aliphatic rings. The smallest absolute Gasteiger partial charge is 0.322 e. The van der Waals surface area contributed by atoms with Gasteiger partial charge in [0, 0.05) is 48.9 Å². The number of benzene rings is 3. The Labute approximate surface area is 254 Å². The molecule has 42 heavy (non-hydrogen) atoms. The van der Waals surface area contributed by atoms with Crippen LogP contribution in [-0.4, -0.2) is 36.6 Å². The van der Waals surface area contributed by atoms with E-state index in [4.69, 9.17) is 0 Å². The van der Waals surface area contributed by atoms with Crippen molar-refractivity contribution in [2.45, 2.75) is 103 Å². The monoisotopic (exact) mass is 565 g/mol. The molecule has 0 spiro atoms. The van der Waals surface area contributed by atoms with Gasteiger partial charge in [-0.25, -0.2) is 4.79 Å². The number of nitrogens with one attached hydrogen (secondary N) is 1. The third-order valence-electron chi connectivity index (χ3n) is 9.48. The SMILES string of the molecule is CN(C(=O)Nc1cc2c3c(c1)[C@H](c1cccc(C(C)(C)C)c1)CCN3CC[C@H]2c1cccc(C(C)(C)C)c1)C(C)(C)C. The molecule has 0 bridgehead atoms. The number of carbonyl (C=O) groups is 1. The normalized spacial score (nSPS) is 18.9. The minimum atomic E-state index is -0.269. The van der Waals surface area contributed by atoms with Crippen molar-refractivity contribution >= 4 is 17.4 Å². The molecule has 0 aromatic heterocycles. The highest BCUT2D eigenvalue weighted by Gasteiger charge is 2.36. The Morgan fingerprint density at radius 3 is 1.60 bits per heavy atom. The average Bonchev–Trinajstić information content (AvgIpc) is 2.91. The largest absolute Gasteiger partial charge is 0.371 e. The maximum absolute atomic E-state index is 13.4. The van der Waals surface area contributed by atoms with E-state index < -0.39 is 0 Å². The number of hydrogen-bond donors (Lipinski definition) is 1. The molecule has 0 unspecified atom stereocenters. The molecular formula is C38H51N3O. The lowest BCUT2D eigenvalue weighted by Gasteiger charge is -2.43. The lowest BCUT2D eigenvalue weighted by atomic mass is 9.75. The molecule has 0 fully saturated rings. The molecule has 3 aromatic carbocycles. The maximum Gasteiger partial charge on any atom is 0.322 e. The zero-order valence-corrected chi connectivity index (χ0v) is 27.6. The van der Waals surface area contributed by atoms with Crippen molar-refractivity contribution in [1.29, 1.82) is 0 Å². The highest BCUT2D eigenvalue weighted by Crippen LogP contribution is 2.50. The second-order valence-corrected chi connectivity index (χ2v) is 15.6. The fourth-order valence-corrected chi connectivity index (χ4v) is 6.51. The van der Waals surface area contributed by atoms with Crippen LogP contribution in [0, 0.1) is 0 Å². The first-order valence-corrected chi connectivity index (χ1v) is 15.7. The van der Waals surface area contributed by atoms with Crippen LogP contribution in [-0.2, 0) is 10.8 Å². The second kappa shape index (κ2) is 10.8. The predicted octanol–water partition coefficient (Wildman–Crippen LogP) is 9.42. The van der Waals surface area contributed by atoms with Crippen LogP contribution in [0.15, 0.2) is 60.7 Å². The number of urea groups is 1. The summed E-state index contributed by atoms with van der Waals surface area (Å²) in [5, 5.41) is 3.30. The first-order chi connectivity index (χ1) is 19.5. The van der Waals surface area contributed by atoms with Crippen molar-refractivity contribution in [3.8, 4) is 0 Å². The van der Waals surface area contributed by atoms with Crippen molar-refractivity contribution < 1.29 is 4.79 Å². The van der Waals surface area contributed by atoms with Crippen molar-refractivity contribution in [1.82, 2.24) is 4.90 Å². The molecule has 5 rings (SSSR count). The van der Waals surface area contributed by atoms with E-state index in [1.165, 1.54) is 39.1 Å². The van der Waals surface area contributed by atoms with Crippen LogP contribution >= 0.6 is 0 Å². The molecule has 2 heterocycles. The molecule has 2 aliphatic heterocycles. The van der Waals surface area contributed by atoms with Crippen LogP contribution in [0.3, 0.4) is 0 Å². The van der Waals surface area contributed by atoms with Crippen molar-refractivity contribution in [3.05, 3.63) is 94.0 Å². The third-order valence-corrected chi connectivity index (χ3v) is 9.48. The number of hydrogen-bond acceptors (Lipinski definition) is 2. The van der Waals surface area contributed by atoms with Crippen LogP contribution < -0.4 is 10.2 Å². The van der Waals surface area contributed by atoms with Crippen molar-refractivity contribution in [2.75, 3.05) is 30.4 Å². The summed E-state index contributed by atoms with van der Waals surface area (Å²) < 4.78 is 0. The highest BCUT2D eigenvalue weighted by atomic mass is 16.2. The molecule has 2 amide bonds. The van der Waals surface area contributed by atoms with Gasteiger partial charge in [0.1, 0.15) is 0 Å². The number of amides is 2. The zero-order valence-electron chi connectivity index (χ0n) is 27.6. The second-order valence-electron chi connectivity index (χ2n) is 15.6. The van der Waals surface area contributed by atoms with Gasteiger partial charge in [-0.05, 0) is 90.0 Å². The number of rotatable bonds is 3. The van der Waals surface area contributed by atoms with Gasteiger partial charge in [0.2, 0.25) is 0 Å². The molecule has 3 aromatic rings. The molecule has 224 valence electrons. The van der Waals surface area contributed by atoms with Crippen LogP contribution in [0.25, 0.3) is 0 Å². The highest BCUT2D eigenvalue weighted by molar-refractivity contribution is 5.91. The van der Waals surface area contributed by atoms with Crippen LogP contribution in [0.4, 0.5) is 16.2 Å². The average molecular weight is 566 g/mol. The van der Waals surface area contributed by atoms with Gasteiger partial charge in [0.05, 0.1) is 0 Å². The van der Waals surface area contributed by atoms with Gasteiger partial charge < -0.3 is 15.1 Å². The predicted molar refractivity (Wildman–Crippen MR) is 178 cm³/mol. The quantitative estimate of drug-likeness (QED) is 0.343. The molecule has 0 saturated carbocycles. The molecular weight excluding hydrogens is 514 g/mol. The van der Waals surface area contributed by atoms with E-state index in [-0.39, 0.29) is 34.2 Å². The summed E-state index contributed by atoms with van der Waals surface area (Å²) in [6.07, 6.45) is 2.15. The van der Waals surface area contributed by atoms with E-state index in [9.17, 15) is 4.79 Å². The van der Waals surface area contributed by atoms with Gasteiger partial charge >= 0.3 is 6.03 Å². The lowest BCUT2D eigenvalue weighted by molar-refractivity contribution is 0.178. The topological polar surface area (TPSA) is 35.6 Å². The number of nitrogens with zero attached hydrogens (tertiary/aromatic N) is 2. The Balaban J connectivity index is 1.66. The molecule has 0 aliphatic carbocycles. The Morgan fingerprint density at radius 2 is 1.19 bits per heavy atom. The van der Waals surface area contributed by atoms with Gasteiger partial charge in [0.25, 0.3) is 0 Å². The van der Waals surface area contributed by atoms with E-state index in [1.54, 1.807) is 4.90 Å². The van der Waals surface area contributed by atoms with Crippen molar-refractivity contribution in [3.63, 3.8) is 0 Å². The summed E-state index contributed by atoms with van der Waals surface area (Å²) in [7, 11) is 1.88. The van der Waals surface area contributed by atoms with Crippen LogP contribution in [0.5, 0.6) is 0 Å². The Bertz CT molecular complexity index is 1380. The third kappa shape index (κ3) is 5.96. The standard InChI is InChI=1S/C38H51N3O/c1-36(2,3)27-15-11-13-25(21-27)30-17-19-41-20-18-31(26-14-12-16-28(22-26)37(4,5)6)33-24-29(23-32(30)34(33)41)39-35(42)40(10)38(7,8)9/h11-16,21-24,30-31H,17-20H2,1-10H3,(H,39,42)/t30-,31-/m0/s1. The summed E-state index contributed by atoms with van der Waals surface area (Å²) in [6.45, 7) is 22.0. The van der Waals surface area contributed by atoms with Gasteiger partial charge in [-0.1, -0.05) is 90.1 Å². The summed E-state index contributed by atoms with van der Waals surface area (Å²) in [5.41, 5.74) is 10.3. The van der Waals surface area contributed by atoms with Crippen LogP contribution in [0.1, 0.15) is 120 Å². The molecule has 1 N–H and O–H groups in total. The molecule has 0 radical (unpaired) electrons. The summed E-state index contributed by atoms with van der Waals surface area (Å²) in [5.74, 6) is 0.573. The van der Waals surface area contributed by atoms with Gasteiger partial charge in [-0.3, -0.25) is 0 Å². The molecule has 2 atom stereocenters. The summed E-state index contributed by atoms with van der Waals surface area (Å²) in [6, 6.07) is 22.8. The van der Waals surface area contributed by atoms with E-state index in [1.807, 2.05) is 7.05 Å². The van der Waals surface area contributed by atoms with Gasteiger partial charge in [0.15, 0.2) is 0 Å². The lowest BCUT2D eigenvalue weighted by Crippen LogP contribution is -2.45. The number of carbonyl (C=O) groups excluding carboxylic acids is 1. The maximum atomic E-state index is 13.4. The molecule has 4 heteroatoms. The first-order valence-electron chi connectivity index (χ1n) is 15.7. The Morgan fingerprint density at radius 1 is 0.738 bits per heavy atom. The summed E-state index contributed by atoms with van der Waals surface area (Å²) in [4.78, 5) is 17.8. The van der Waals surface area contributed by atoms with E-state index in [2.05, 4.69) is 133 Å².